The summed E-state index contributed by atoms with van der Waals surface area (Å²) in [5.41, 5.74) is 8.57. The number of imidazole rings is 1. The van der Waals surface area contributed by atoms with Gasteiger partial charge in [-0.2, -0.15) is 0 Å². The summed E-state index contributed by atoms with van der Waals surface area (Å²) in [7, 11) is 0. The average Bonchev–Trinajstić information content (AvgIpc) is 2.82. The topological polar surface area (TPSA) is 60.9 Å². The zero-order valence-corrected chi connectivity index (χ0v) is 9.58. The SMILES string of the molecule is NC(=O)c1cccc(-n2cnc3ccccc32)c1. The number of nitrogens with zero attached hydrogens (tertiary/aromatic N) is 2. The van der Waals surface area contributed by atoms with Gasteiger partial charge in [0.25, 0.3) is 0 Å². The lowest BCUT2D eigenvalue weighted by Crippen LogP contribution is -2.11. The van der Waals surface area contributed by atoms with Crippen molar-refractivity contribution in [1.29, 1.82) is 0 Å². The normalized spacial score (nSPS) is 10.7. The Balaban J connectivity index is 2.20. The second-order valence-electron chi connectivity index (χ2n) is 4.02. The number of primary amides is 1. The quantitative estimate of drug-likeness (QED) is 0.742. The molecule has 1 aromatic heterocycles. The van der Waals surface area contributed by atoms with Crippen LogP contribution >= 0.6 is 0 Å². The first kappa shape index (κ1) is 10.5. The molecule has 2 N–H and O–H groups in total. The van der Waals surface area contributed by atoms with Gasteiger partial charge in [0.15, 0.2) is 0 Å². The summed E-state index contributed by atoms with van der Waals surface area (Å²) >= 11 is 0. The van der Waals surface area contributed by atoms with Crippen LogP contribution in [0.15, 0.2) is 54.9 Å². The maximum atomic E-state index is 11.2. The molecule has 88 valence electrons. The molecule has 0 saturated carbocycles. The van der Waals surface area contributed by atoms with E-state index in [1.807, 2.05) is 41.0 Å². The van der Waals surface area contributed by atoms with Crippen LogP contribution in [0, 0.1) is 0 Å². The van der Waals surface area contributed by atoms with Crippen molar-refractivity contribution in [2.45, 2.75) is 0 Å². The highest BCUT2D eigenvalue weighted by Crippen LogP contribution is 2.18. The predicted octanol–water partition coefficient (Wildman–Crippen LogP) is 2.12. The first-order chi connectivity index (χ1) is 8.75. The van der Waals surface area contributed by atoms with Crippen molar-refractivity contribution in [3.8, 4) is 5.69 Å². The van der Waals surface area contributed by atoms with Crippen LogP contribution in [-0.2, 0) is 0 Å². The van der Waals surface area contributed by atoms with Gasteiger partial charge in [-0.05, 0) is 30.3 Å². The molecule has 3 rings (SSSR count). The third kappa shape index (κ3) is 1.64. The Bertz CT molecular complexity index is 730. The van der Waals surface area contributed by atoms with Gasteiger partial charge in [-0.3, -0.25) is 9.36 Å². The zero-order valence-electron chi connectivity index (χ0n) is 9.58. The first-order valence-electron chi connectivity index (χ1n) is 5.58. The molecule has 0 spiro atoms. The van der Waals surface area contributed by atoms with E-state index in [4.69, 9.17) is 5.73 Å². The summed E-state index contributed by atoms with van der Waals surface area (Å²) in [5, 5.41) is 0. The van der Waals surface area contributed by atoms with E-state index in [1.165, 1.54) is 0 Å². The van der Waals surface area contributed by atoms with Gasteiger partial charge in [-0.25, -0.2) is 4.98 Å². The van der Waals surface area contributed by atoms with Gasteiger partial charge in [-0.15, -0.1) is 0 Å². The fraction of sp³-hybridized carbons (Fsp3) is 0. The summed E-state index contributed by atoms with van der Waals surface area (Å²) in [5.74, 6) is -0.429. The first-order valence-corrected chi connectivity index (χ1v) is 5.58. The molecule has 2 aromatic carbocycles. The van der Waals surface area contributed by atoms with Gasteiger partial charge in [0.2, 0.25) is 5.91 Å². The molecule has 0 aliphatic heterocycles. The minimum Gasteiger partial charge on any atom is -0.366 e. The highest BCUT2D eigenvalue weighted by Gasteiger charge is 2.06. The molecule has 0 fully saturated rings. The van der Waals surface area contributed by atoms with Crippen molar-refractivity contribution >= 4 is 16.9 Å². The van der Waals surface area contributed by atoms with Crippen LogP contribution < -0.4 is 5.73 Å². The van der Waals surface area contributed by atoms with Crippen LogP contribution in [0.1, 0.15) is 10.4 Å². The van der Waals surface area contributed by atoms with Crippen LogP contribution in [0.2, 0.25) is 0 Å². The van der Waals surface area contributed by atoms with Crippen molar-refractivity contribution in [1.82, 2.24) is 9.55 Å². The number of fused-ring (bicyclic) bond motifs is 1. The second kappa shape index (κ2) is 4.00. The van der Waals surface area contributed by atoms with Crippen LogP contribution in [0.5, 0.6) is 0 Å². The number of benzene rings is 2. The molecule has 4 heteroatoms. The van der Waals surface area contributed by atoms with Crippen molar-refractivity contribution in [2.75, 3.05) is 0 Å². The van der Waals surface area contributed by atoms with Crippen molar-refractivity contribution in [2.24, 2.45) is 5.73 Å². The molecule has 0 saturated heterocycles. The lowest BCUT2D eigenvalue weighted by atomic mass is 10.2. The highest BCUT2D eigenvalue weighted by atomic mass is 16.1. The van der Waals surface area contributed by atoms with Crippen LogP contribution in [0.4, 0.5) is 0 Å². The van der Waals surface area contributed by atoms with E-state index >= 15 is 0 Å². The number of para-hydroxylation sites is 2. The Labute approximate surface area is 104 Å². The number of carbonyl (C=O) groups excluding carboxylic acids is 1. The molecule has 3 aromatic rings. The van der Waals surface area contributed by atoms with E-state index in [0.29, 0.717) is 5.56 Å². The molecule has 1 heterocycles. The van der Waals surface area contributed by atoms with Gasteiger partial charge < -0.3 is 5.73 Å². The number of nitrogens with two attached hydrogens (primary N) is 1. The van der Waals surface area contributed by atoms with Crippen molar-refractivity contribution in [3.63, 3.8) is 0 Å². The van der Waals surface area contributed by atoms with Crippen LogP contribution in [-0.4, -0.2) is 15.5 Å². The number of aromatic nitrogens is 2. The number of carbonyl (C=O) groups is 1. The fourth-order valence-electron chi connectivity index (χ4n) is 1.97. The largest absolute Gasteiger partial charge is 0.366 e. The molecule has 0 aliphatic carbocycles. The predicted molar refractivity (Wildman–Crippen MR) is 69.6 cm³/mol. The molecule has 0 atom stereocenters. The Morgan fingerprint density at radius 3 is 2.78 bits per heavy atom. The van der Waals surface area contributed by atoms with Gasteiger partial charge >= 0.3 is 0 Å². The monoisotopic (exact) mass is 237 g/mol. The third-order valence-corrected chi connectivity index (χ3v) is 2.86. The third-order valence-electron chi connectivity index (χ3n) is 2.86. The Morgan fingerprint density at radius 1 is 1.11 bits per heavy atom. The maximum absolute atomic E-state index is 11.2. The summed E-state index contributed by atoms with van der Waals surface area (Å²) in [4.78, 5) is 15.5. The Hall–Kier alpha value is -2.62. The molecule has 0 radical (unpaired) electrons. The highest BCUT2D eigenvalue weighted by molar-refractivity contribution is 5.93. The molecular formula is C14H11N3O. The summed E-state index contributed by atoms with van der Waals surface area (Å²) in [6.07, 6.45) is 1.74. The molecule has 1 amide bonds. The van der Waals surface area contributed by atoms with E-state index in [-0.39, 0.29) is 0 Å². The van der Waals surface area contributed by atoms with Crippen molar-refractivity contribution < 1.29 is 4.79 Å². The Morgan fingerprint density at radius 2 is 1.94 bits per heavy atom. The molecule has 0 bridgehead atoms. The minimum atomic E-state index is -0.429. The number of hydrogen-bond donors (Lipinski definition) is 1. The molecular weight excluding hydrogens is 226 g/mol. The van der Waals surface area contributed by atoms with Gasteiger partial charge in [0.05, 0.1) is 11.0 Å². The smallest absolute Gasteiger partial charge is 0.248 e. The fourth-order valence-corrected chi connectivity index (χ4v) is 1.97. The second-order valence-corrected chi connectivity index (χ2v) is 4.02. The number of amides is 1. The molecule has 0 unspecified atom stereocenters. The van der Waals surface area contributed by atoms with Gasteiger partial charge in [0.1, 0.15) is 6.33 Å². The van der Waals surface area contributed by atoms with Crippen molar-refractivity contribution in [3.05, 3.63) is 60.4 Å². The molecule has 4 nitrogen and oxygen atoms in total. The van der Waals surface area contributed by atoms with E-state index in [1.54, 1.807) is 18.5 Å². The molecule has 0 aliphatic rings. The standard InChI is InChI=1S/C14H11N3O/c15-14(18)10-4-3-5-11(8-10)17-9-16-12-6-1-2-7-13(12)17/h1-9H,(H2,15,18). The van der Waals surface area contributed by atoms with Crippen LogP contribution in [0.25, 0.3) is 16.7 Å². The van der Waals surface area contributed by atoms with Crippen LogP contribution in [0.3, 0.4) is 0 Å². The summed E-state index contributed by atoms with van der Waals surface area (Å²) < 4.78 is 1.93. The zero-order chi connectivity index (χ0) is 12.5. The van der Waals surface area contributed by atoms with Gasteiger partial charge in [0, 0.05) is 11.3 Å². The Kier molecular flexibility index (Phi) is 2.34. The number of rotatable bonds is 2. The lowest BCUT2D eigenvalue weighted by Gasteiger charge is -2.05. The maximum Gasteiger partial charge on any atom is 0.248 e. The van der Waals surface area contributed by atoms with Gasteiger partial charge in [-0.1, -0.05) is 18.2 Å². The summed E-state index contributed by atoms with van der Waals surface area (Å²) in [6, 6.07) is 15.0. The lowest BCUT2D eigenvalue weighted by molar-refractivity contribution is 0.100. The van der Waals surface area contributed by atoms with E-state index in [2.05, 4.69) is 4.98 Å². The van der Waals surface area contributed by atoms with E-state index in [0.717, 1.165) is 16.7 Å². The molecule has 18 heavy (non-hydrogen) atoms. The van der Waals surface area contributed by atoms with E-state index in [9.17, 15) is 4.79 Å². The average molecular weight is 237 g/mol. The number of hydrogen-bond acceptors (Lipinski definition) is 2. The summed E-state index contributed by atoms with van der Waals surface area (Å²) in [6.45, 7) is 0. The van der Waals surface area contributed by atoms with E-state index < -0.39 is 5.91 Å². The minimum absolute atomic E-state index is 0.429.